The van der Waals surface area contributed by atoms with Gasteiger partial charge in [0.25, 0.3) is 0 Å². The summed E-state index contributed by atoms with van der Waals surface area (Å²) in [6, 6.07) is 12.3. The molecule has 22 heavy (non-hydrogen) atoms. The third-order valence-electron chi connectivity index (χ3n) is 3.81. The lowest BCUT2D eigenvalue weighted by atomic mass is 9.84. The highest BCUT2D eigenvalue weighted by Crippen LogP contribution is 2.34. The Labute approximate surface area is 126 Å². The molecule has 0 fully saturated rings. The van der Waals surface area contributed by atoms with Crippen molar-refractivity contribution < 1.29 is 13.6 Å². The van der Waals surface area contributed by atoms with E-state index in [0.29, 0.717) is 13.0 Å². The van der Waals surface area contributed by atoms with Gasteiger partial charge < -0.3 is 0 Å². The fraction of sp³-hybridized carbons (Fsp3) is 0.235. The molecule has 0 spiro atoms. The van der Waals surface area contributed by atoms with Gasteiger partial charge in [0, 0.05) is 5.56 Å². The molecule has 3 nitrogen and oxygen atoms in total. The van der Waals surface area contributed by atoms with Crippen LogP contribution in [0.25, 0.3) is 0 Å². The van der Waals surface area contributed by atoms with Crippen molar-refractivity contribution in [3.8, 4) is 0 Å². The summed E-state index contributed by atoms with van der Waals surface area (Å²) in [6.07, 6.45) is 0.543. The molecule has 0 radical (unpaired) electrons. The van der Waals surface area contributed by atoms with Crippen molar-refractivity contribution in [3.05, 3.63) is 71.3 Å². The molecule has 112 valence electrons. The zero-order valence-electron chi connectivity index (χ0n) is 11.7. The minimum atomic E-state index is -1.01. The van der Waals surface area contributed by atoms with Crippen molar-refractivity contribution in [2.45, 2.75) is 12.5 Å². The third kappa shape index (κ3) is 2.79. The maximum absolute atomic E-state index is 13.4. The highest BCUT2D eigenvalue weighted by atomic mass is 19.2. The van der Waals surface area contributed by atoms with Gasteiger partial charge in [-0.1, -0.05) is 30.3 Å². The zero-order valence-corrected chi connectivity index (χ0v) is 11.7. The second-order valence-corrected chi connectivity index (χ2v) is 5.22. The number of hydrogen-bond acceptors (Lipinski definition) is 3. The number of carbonyl (C=O) groups is 1. The van der Waals surface area contributed by atoms with Gasteiger partial charge in [-0.3, -0.25) is 4.79 Å². The SMILES string of the molecule is O=C(c1ccc(F)c(F)c1)C1CCN=NC1c1ccccc1. The second-order valence-electron chi connectivity index (χ2n) is 5.22. The van der Waals surface area contributed by atoms with Crippen LogP contribution < -0.4 is 0 Å². The van der Waals surface area contributed by atoms with E-state index in [0.717, 1.165) is 17.7 Å². The van der Waals surface area contributed by atoms with Gasteiger partial charge in [0.05, 0.1) is 12.5 Å². The van der Waals surface area contributed by atoms with Crippen LogP contribution in [0.4, 0.5) is 8.78 Å². The number of benzene rings is 2. The fourth-order valence-electron chi connectivity index (χ4n) is 2.67. The second kappa shape index (κ2) is 6.13. The van der Waals surface area contributed by atoms with Gasteiger partial charge in [-0.15, -0.1) is 0 Å². The molecule has 0 bridgehead atoms. The molecule has 1 aliphatic heterocycles. The van der Waals surface area contributed by atoms with Crippen LogP contribution in [0.5, 0.6) is 0 Å². The number of nitrogens with zero attached hydrogens (tertiary/aromatic N) is 2. The number of halogens is 2. The Balaban J connectivity index is 1.92. The first kappa shape index (κ1) is 14.5. The topological polar surface area (TPSA) is 41.8 Å². The molecular weight excluding hydrogens is 286 g/mol. The van der Waals surface area contributed by atoms with Crippen molar-refractivity contribution in [1.82, 2.24) is 0 Å². The van der Waals surface area contributed by atoms with Crippen LogP contribution in [0.3, 0.4) is 0 Å². The molecule has 0 aromatic heterocycles. The van der Waals surface area contributed by atoms with E-state index in [1.165, 1.54) is 6.07 Å². The Morgan fingerprint density at radius 3 is 2.55 bits per heavy atom. The van der Waals surface area contributed by atoms with Crippen LogP contribution >= 0.6 is 0 Å². The maximum Gasteiger partial charge on any atom is 0.168 e. The maximum atomic E-state index is 13.4. The number of Topliss-reactive ketones (excluding diaryl/α,β-unsaturated/α-hetero) is 1. The van der Waals surface area contributed by atoms with E-state index in [-0.39, 0.29) is 17.4 Å². The first-order valence-corrected chi connectivity index (χ1v) is 7.07. The van der Waals surface area contributed by atoms with Crippen LogP contribution in [-0.4, -0.2) is 12.3 Å². The first-order chi connectivity index (χ1) is 10.7. The zero-order chi connectivity index (χ0) is 15.5. The number of rotatable bonds is 3. The minimum absolute atomic E-state index is 0.168. The average Bonchev–Trinajstić information content (AvgIpc) is 2.57. The number of hydrogen-bond donors (Lipinski definition) is 0. The molecule has 0 amide bonds. The van der Waals surface area contributed by atoms with Gasteiger partial charge in [-0.2, -0.15) is 10.2 Å². The normalized spacial score (nSPS) is 20.8. The lowest BCUT2D eigenvalue weighted by Gasteiger charge is -2.25. The first-order valence-electron chi connectivity index (χ1n) is 7.07. The van der Waals surface area contributed by atoms with Crippen LogP contribution in [0.15, 0.2) is 58.8 Å². The predicted octanol–water partition coefficient (Wildman–Crippen LogP) is 4.36. The van der Waals surface area contributed by atoms with Crippen molar-refractivity contribution in [1.29, 1.82) is 0 Å². The summed E-state index contributed by atoms with van der Waals surface area (Å²) < 4.78 is 26.4. The molecular formula is C17H14F2N2O. The molecule has 2 atom stereocenters. The number of carbonyl (C=O) groups excluding carboxylic acids is 1. The monoisotopic (exact) mass is 300 g/mol. The highest BCUT2D eigenvalue weighted by Gasteiger charge is 2.32. The summed E-state index contributed by atoms with van der Waals surface area (Å²) in [7, 11) is 0. The summed E-state index contributed by atoms with van der Waals surface area (Å²) >= 11 is 0. The molecule has 0 saturated heterocycles. The summed E-state index contributed by atoms with van der Waals surface area (Å²) in [4.78, 5) is 12.7. The van der Waals surface area contributed by atoms with E-state index < -0.39 is 17.6 Å². The van der Waals surface area contributed by atoms with Gasteiger partial charge in [-0.25, -0.2) is 8.78 Å². The fourth-order valence-corrected chi connectivity index (χ4v) is 2.67. The lowest BCUT2D eigenvalue weighted by molar-refractivity contribution is 0.0883. The number of azo groups is 1. The molecule has 5 heteroatoms. The lowest BCUT2D eigenvalue weighted by Crippen LogP contribution is -2.25. The Bertz CT molecular complexity index is 716. The van der Waals surface area contributed by atoms with Gasteiger partial charge in [0.15, 0.2) is 17.4 Å². The standard InChI is InChI=1S/C17H14F2N2O/c18-14-7-6-12(10-15(14)19)17(22)13-8-9-20-21-16(13)11-4-2-1-3-5-11/h1-7,10,13,16H,8-9H2. The molecule has 2 aromatic carbocycles. The largest absolute Gasteiger partial charge is 0.294 e. The smallest absolute Gasteiger partial charge is 0.168 e. The van der Waals surface area contributed by atoms with E-state index in [2.05, 4.69) is 10.2 Å². The summed E-state index contributed by atoms with van der Waals surface area (Å²) in [6.45, 7) is 0.462. The van der Waals surface area contributed by atoms with Crippen LogP contribution in [-0.2, 0) is 0 Å². The Kier molecular flexibility index (Phi) is 4.04. The quantitative estimate of drug-likeness (QED) is 0.776. The van der Waals surface area contributed by atoms with Crippen molar-refractivity contribution in [3.63, 3.8) is 0 Å². The Morgan fingerprint density at radius 2 is 1.82 bits per heavy atom. The molecule has 0 saturated carbocycles. The van der Waals surface area contributed by atoms with Crippen LogP contribution in [0.1, 0.15) is 28.4 Å². The van der Waals surface area contributed by atoms with Crippen molar-refractivity contribution in [2.75, 3.05) is 6.54 Å². The molecule has 1 aliphatic rings. The van der Waals surface area contributed by atoms with Gasteiger partial charge in [0.1, 0.15) is 6.04 Å². The highest BCUT2D eigenvalue weighted by molar-refractivity contribution is 5.98. The summed E-state index contributed by atoms with van der Waals surface area (Å²) in [5.41, 5.74) is 1.06. The molecule has 2 unspecified atom stereocenters. The van der Waals surface area contributed by atoms with E-state index >= 15 is 0 Å². The van der Waals surface area contributed by atoms with E-state index in [4.69, 9.17) is 0 Å². The number of ketones is 1. The Hall–Kier alpha value is -2.43. The van der Waals surface area contributed by atoms with Crippen LogP contribution in [0, 0.1) is 17.6 Å². The predicted molar refractivity (Wildman–Crippen MR) is 77.7 cm³/mol. The summed E-state index contributed by atoms with van der Waals surface area (Å²) in [5, 5.41) is 8.24. The molecule has 3 rings (SSSR count). The molecule has 2 aromatic rings. The van der Waals surface area contributed by atoms with E-state index in [9.17, 15) is 13.6 Å². The minimum Gasteiger partial charge on any atom is -0.294 e. The van der Waals surface area contributed by atoms with Gasteiger partial charge >= 0.3 is 0 Å². The van der Waals surface area contributed by atoms with E-state index in [1.807, 2.05) is 30.3 Å². The van der Waals surface area contributed by atoms with Crippen molar-refractivity contribution in [2.24, 2.45) is 16.1 Å². The average molecular weight is 300 g/mol. The molecule has 0 N–H and O–H groups in total. The van der Waals surface area contributed by atoms with Crippen molar-refractivity contribution >= 4 is 5.78 Å². The van der Waals surface area contributed by atoms with Gasteiger partial charge in [0.2, 0.25) is 0 Å². The van der Waals surface area contributed by atoms with Crippen LogP contribution in [0.2, 0.25) is 0 Å². The molecule has 0 aliphatic carbocycles. The Morgan fingerprint density at radius 1 is 1.05 bits per heavy atom. The van der Waals surface area contributed by atoms with E-state index in [1.54, 1.807) is 0 Å². The van der Waals surface area contributed by atoms with Gasteiger partial charge in [-0.05, 0) is 30.2 Å². The summed E-state index contributed by atoms with van der Waals surface area (Å²) in [5.74, 6) is -2.62. The third-order valence-corrected chi connectivity index (χ3v) is 3.81. The molecule has 1 heterocycles.